The molecular weight excluding hydrogens is 574 g/mol. The van der Waals surface area contributed by atoms with Crippen molar-refractivity contribution < 1.29 is 34.8 Å². The van der Waals surface area contributed by atoms with E-state index in [0.29, 0.717) is 49.7 Å². The van der Waals surface area contributed by atoms with Crippen LogP contribution < -0.4 is 11.5 Å². The SMILES string of the molecule is C/C(=C\[C@@H](O)[C@H](CN=C(N)N)[C@H]1CCCC[C@@H]2C(=O)C3=C([C@H](O)C[C@@H]4C(C)(C)C(=O)CC[C@]34C)[C@]3(C)[C@@H](O)C[C@H]1[C@@]23C)C(=O)O. The Morgan fingerprint density at radius 1 is 1.07 bits per heavy atom. The van der Waals surface area contributed by atoms with Crippen molar-refractivity contribution in [2.24, 2.45) is 67.7 Å². The normalized spacial score (nSPS) is 42.5. The number of fused-ring (bicyclic) bond motifs is 3. The van der Waals surface area contributed by atoms with Crippen LogP contribution in [0, 0.1) is 51.2 Å². The van der Waals surface area contributed by atoms with E-state index in [1.165, 1.54) is 13.0 Å². The first-order chi connectivity index (χ1) is 20.8. The van der Waals surface area contributed by atoms with E-state index < -0.39 is 57.8 Å². The Morgan fingerprint density at radius 2 is 1.71 bits per heavy atom. The fourth-order valence-corrected chi connectivity index (χ4v) is 11.2. The number of carbonyl (C=O) groups is 3. The van der Waals surface area contributed by atoms with Crippen molar-refractivity contribution in [3.63, 3.8) is 0 Å². The standard InChI is InChI=1S/C35H53N3O7/c1-17(30(44)45)13-22(39)19(16-38-31(36)37)18-9-7-8-10-20-29(43)28-27(35(6)26(42)14-21(18)34(20,35)5)23(40)15-24-32(2,3)25(41)11-12-33(24,28)4/h13,18-24,26,39-40,42H,7-12,14-16H2,1-6H3,(H,44,45)(H4,36,37,38)/b17-13+/t18-,19-,20-,21-,22-,23-,24-,26+,33+,34-,35+/m1/s1. The van der Waals surface area contributed by atoms with Gasteiger partial charge in [-0.2, -0.15) is 0 Å². The molecule has 0 aromatic rings. The summed E-state index contributed by atoms with van der Waals surface area (Å²) in [5, 5.41) is 45.2. The summed E-state index contributed by atoms with van der Waals surface area (Å²) < 4.78 is 0. The van der Waals surface area contributed by atoms with E-state index in [4.69, 9.17) is 11.5 Å². The van der Waals surface area contributed by atoms with Gasteiger partial charge in [0, 0.05) is 52.2 Å². The fourth-order valence-electron chi connectivity index (χ4n) is 11.2. The molecule has 8 N–H and O–H groups in total. The molecule has 5 rings (SSSR count). The number of aliphatic hydroxyl groups excluding tert-OH is 3. The van der Waals surface area contributed by atoms with Crippen LogP contribution in [-0.2, 0) is 14.4 Å². The first kappa shape index (κ1) is 33.8. The zero-order valence-electron chi connectivity index (χ0n) is 27.7. The van der Waals surface area contributed by atoms with Gasteiger partial charge < -0.3 is 31.9 Å². The highest BCUT2D eigenvalue weighted by atomic mass is 16.4. The third kappa shape index (κ3) is 4.75. The zero-order chi connectivity index (χ0) is 33.4. The molecule has 250 valence electrons. The van der Waals surface area contributed by atoms with Crippen LogP contribution in [0.2, 0.25) is 0 Å². The first-order valence-corrected chi connectivity index (χ1v) is 16.7. The number of ketones is 2. The van der Waals surface area contributed by atoms with Crippen molar-refractivity contribution in [3.05, 3.63) is 22.8 Å². The molecule has 45 heavy (non-hydrogen) atoms. The molecule has 0 radical (unpaired) electrons. The smallest absolute Gasteiger partial charge is 0.331 e. The van der Waals surface area contributed by atoms with Crippen LogP contribution in [0.3, 0.4) is 0 Å². The quantitative estimate of drug-likeness (QED) is 0.146. The Labute approximate surface area is 266 Å². The van der Waals surface area contributed by atoms with E-state index >= 15 is 4.79 Å². The number of guanidine groups is 1. The number of carboxylic acid groups (broad SMARTS) is 1. The monoisotopic (exact) mass is 627 g/mol. The van der Waals surface area contributed by atoms with Crippen LogP contribution in [0.5, 0.6) is 0 Å². The Hall–Kier alpha value is -2.56. The van der Waals surface area contributed by atoms with Crippen molar-refractivity contribution in [2.75, 3.05) is 6.54 Å². The molecule has 0 heterocycles. The number of hydrogen-bond donors (Lipinski definition) is 6. The maximum absolute atomic E-state index is 15.1. The second kappa shape index (κ2) is 11.3. The predicted octanol–water partition coefficient (Wildman–Crippen LogP) is 3.12. The maximum atomic E-state index is 15.1. The number of aliphatic carboxylic acids is 1. The molecule has 0 aliphatic heterocycles. The first-order valence-electron chi connectivity index (χ1n) is 16.7. The van der Waals surface area contributed by atoms with Crippen molar-refractivity contribution >= 4 is 23.5 Å². The minimum atomic E-state index is -1.17. The summed E-state index contributed by atoms with van der Waals surface area (Å²) in [5.74, 6) is -2.75. The Balaban J connectivity index is 1.69. The Morgan fingerprint density at radius 3 is 2.33 bits per heavy atom. The number of rotatable bonds is 6. The topological polar surface area (TPSA) is 197 Å². The van der Waals surface area contributed by atoms with Gasteiger partial charge in [0.05, 0.1) is 18.3 Å². The molecule has 11 atom stereocenters. The summed E-state index contributed by atoms with van der Waals surface area (Å²) >= 11 is 0. The molecule has 10 nitrogen and oxygen atoms in total. The van der Waals surface area contributed by atoms with Crippen LogP contribution in [0.1, 0.15) is 92.9 Å². The lowest BCUT2D eigenvalue weighted by Gasteiger charge is -2.63. The van der Waals surface area contributed by atoms with Crippen molar-refractivity contribution in [2.45, 2.75) is 111 Å². The Bertz CT molecular complexity index is 1360. The molecule has 0 amide bonds. The molecule has 3 fully saturated rings. The van der Waals surface area contributed by atoms with Crippen LogP contribution in [-0.4, -0.2) is 68.8 Å². The van der Waals surface area contributed by atoms with Gasteiger partial charge in [0.1, 0.15) is 5.78 Å². The second-order valence-electron chi connectivity index (χ2n) is 15.9. The van der Waals surface area contributed by atoms with E-state index in [1.54, 1.807) is 0 Å². The van der Waals surface area contributed by atoms with Gasteiger partial charge in [0.15, 0.2) is 11.7 Å². The van der Waals surface area contributed by atoms with Gasteiger partial charge in [-0.05, 0) is 73.8 Å². The zero-order valence-corrected chi connectivity index (χ0v) is 27.7. The molecular formula is C35H53N3O7. The minimum Gasteiger partial charge on any atom is -0.478 e. The molecule has 0 aromatic carbocycles. The highest BCUT2D eigenvalue weighted by Gasteiger charge is 2.73. The van der Waals surface area contributed by atoms with E-state index in [1.807, 2.05) is 20.8 Å². The number of hydrogen-bond acceptors (Lipinski definition) is 7. The van der Waals surface area contributed by atoms with Crippen molar-refractivity contribution in [1.82, 2.24) is 0 Å². The molecule has 0 bridgehead atoms. The number of allylic oxidation sites excluding steroid dienone is 1. The predicted molar refractivity (Wildman–Crippen MR) is 170 cm³/mol. The van der Waals surface area contributed by atoms with Crippen LogP contribution in [0.25, 0.3) is 0 Å². The molecule has 0 saturated heterocycles. The summed E-state index contributed by atoms with van der Waals surface area (Å²) in [6.45, 7) is 11.6. The van der Waals surface area contributed by atoms with Gasteiger partial charge in [-0.3, -0.25) is 14.6 Å². The summed E-state index contributed by atoms with van der Waals surface area (Å²) in [6.07, 6.45) is 2.86. The van der Waals surface area contributed by atoms with Gasteiger partial charge in [0.2, 0.25) is 0 Å². The van der Waals surface area contributed by atoms with E-state index in [0.717, 1.165) is 12.8 Å². The molecule has 3 saturated carbocycles. The molecule has 0 unspecified atom stereocenters. The third-order valence-corrected chi connectivity index (χ3v) is 13.8. The van der Waals surface area contributed by atoms with E-state index in [-0.39, 0.29) is 47.4 Å². The molecule has 0 spiro atoms. The molecule has 0 aromatic heterocycles. The highest BCUT2D eigenvalue weighted by Crippen LogP contribution is 2.74. The average Bonchev–Trinajstić information content (AvgIpc) is 3.15. The second-order valence-corrected chi connectivity index (χ2v) is 15.9. The van der Waals surface area contributed by atoms with Crippen LogP contribution in [0.4, 0.5) is 0 Å². The van der Waals surface area contributed by atoms with Gasteiger partial charge in [-0.1, -0.05) is 47.5 Å². The van der Waals surface area contributed by atoms with Crippen LogP contribution >= 0.6 is 0 Å². The van der Waals surface area contributed by atoms with Gasteiger partial charge >= 0.3 is 5.97 Å². The number of nitrogens with two attached hydrogens (primary N) is 2. The molecule has 5 aliphatic rings. The van der Waals surface area contributed by atoms with Gasteiger partial charge in [-0.25, -0.2) is 4.79 Å². The Kier molecular flexibility index (Phi) is 8.49. The van der Waals surface area contributed by atoms with Crippen LogP contribution in [0.15, 0.2) is 27.8 Å². The summed E-state index contributed by atoms with van der Waals surface area (Å²) in [5.41, 5.74) is 9.76. The summed E-state index contributed by atoms with van der Waals surface area (Å²) in [6, 6.07) is 0. The number of carboxylic acids is 1. The number of Topliss-reactive ketones (excluding diaryl/α,β-unsaturated/α-hetero) is 2. The van der Waals surface area contributed by atoms with Gasteiger partial charge in [0.25, 0.3) is 0 Å². The van der Waals surface area contributed by atoms with E-state index in [2.05, 4.69) is 18.8 Å². The largest absolute Gasteiger partial charge is 0.478 e. The summed E-state index contributed by atoms with van der Waals surface area (Å²) in [4.78, 5) is 44.1. The van der Waals surface area contributed by atoms with Crippen molar-refractivity contribution in [3.8, 4) is 0 Å². The van der Waals surface area contributed by atoms with E-state index in [9.17, 15) is 30.0 Å². The number of nitrogens with zero attached hydrogens (tertiary/aromatic N) is 1. The lowest BCUT2D eigenvalue weighted by Crippen LogP contribution is -2.63. The average molecular weight is 628 g/mol. The number of aliphatic imine (C=N–C) groups is 1. The summed E-state index contributed by atoms with van der Waals surface area (Å²) in [7, 11) is 0. The van der Waals surface area contributed by atoms with Crippen molar-refractivity contribution in [1.29, 1.82) is 0 Å². The van der Waals surface area contributed by atoms with Gasteiger partial charge in [-0.15, -0.1) is 0 Å². The third-order valence-electron chi connectivity index (χ3n) is 13.8. The fraction of sp³-hybridized carbons (Fsp3) is 0.771. The lowest BCUT2D eigenvalue weighted by molar-refractivity contribution is -0.153. The maximum Gasteiger partial charge on any atom is 0.331 e. The number of aliphatic hydroxyl groups is 3. The lowest BCUT2D eigenvalue weighted by atomic mass is 9.39. The molecule has 10 heteroatoms. The molecule has 5 aliphatic carbocycles. The minimum absolute atomic E-state index is 0.00748. The number of carbonyl (C=O) groups excluding carboxylic acids is 2. The highest BCUT2D eigenvalue weighted by molar-refractivity contribution is 6.02.